The Kier molecular flexibility index (Phi) is 5.98. The second-order valence-electron chi connectivity index (χ2n) is 7.51. The minimum absolute atomic E-state index is 0.105. The molecule has 29 heavy (non-hydrogen) atoms. The van der Waals surface area contributed by atoms with Crippen LogP contribution in [-0.4, -0.2) is 34.0 Å². The van der Waals surface area contributed by atoms with Crippen molar-refractivity contribution in [3.05, 3.63) is 71.9 Å². The van der Waals surface area contributed by atoms with Gasteiger partial charge in [0.15, 0.2) is 0 Å². The summed E-state index contributed by atoms with van der Waals surface area (Å²) in [6.07, 6.45) is 3.81. The molecule has 2 heterocycles. The van der Waals surface area contributed by atoms with Gasteiger partial charge >= 0.3 is 0 Å². The van der Waals surface area contributed by atoms with Gasteiger partial charge in [-0.3, -0.25) is 4.79 Å². The van der Waals surface area contributed by atoms with E-state index in [0.717, 1.165) is 32.4 Å². The highest BCUT2D eigenvalue weighted by Crippen LogP contribution is 2.23. The Morgan fingerprint density at radius 3 is 2.55 bits per heavy atom. The monoisotopic (exact) mass is 393 g/mol. The standard InChI is InChI=1S/C23H24FN3O2/c24-20-9-5-4-8-19(20)23-25-21(29-26-23)10-11-22(28)27-14-12-18(13-15-27)16-17-6-2-1-3-7-17/h1-9,18H,10-16H2. The molecule has 0 unspecified atom stereocenters. The maximum absolute atomic E-state index is 13.8. The van der Waals surface area contributed by atoms with E-state index >= 15 is 0 Å². The molecule has 1 aliphatic rings. The number of halogens is 1. The van der Waals surface area contributed by atoms with Gasteiger partial charge in [0, 0.05) is 25.9 Å². The summed E-state index contributed by atoms with van der Waals surface area (Å²) in [6.45, 7) is 1.58. The molecule has 1 aliphatic heterocycles. The zero-order valence-corrected chi connectivity index (χ0v) is 16.3. The number of hydrogen-bond acceptors (Lipinski definition) is 4. The number of aromatic nitrogens is 2. The number of likely N-dealkylation sites (tertiary alicyclic amines) is 1. The van der Waals surface area contributed by atoms with Crippen molar-refractivity contribution in [3.8, 4) is 11.4 Å². The van der Waals surface area contributed by atoms with Crippen LogP contribution < -0.4 is 0 Å². The highest BCUT2D eigenvalue weighted by Gasteiger charge is 2.23. The van der Waals surface area contributed by atoms with Crippen molar-refractivity contribution in [2.24, 2.45) is 5.92 Å². The summed E-state index contributed by atoms with van der Waals surface area (Å²) < 4.78 is 19.0. The lowest BCUT2D eigenvalue weighted by molar-refractivity contribution is -0.132. The van der Waals surface area contributed by atoms with Crippen LogP contribution >= 0.6 is 0 Å². The van der Waals surface area contributed by atoms with Crippen molar-refractivity contribution in [2.45, 2.75) is 32.1 Å². The fourth-order valence-electron chi connectivity index (χ4n) is 3.81. The number of benzene rings is 2. The van der Waals surface area contributed by atoms with Gasteiger partial charge in [-0.15, -0.1) is 0 Å². The molecule has 0 spiro atoms. The van der Waals surface area contributed by atoms with Gasteiger partial charge in [-0.2, -0.15) is 4.98 Å². The largest absolute Gasteiger partial charge is 0.343 e. The number of rotatable bonds is 6. The van der Waals surface area contributed by atoms with Crippen LogP contribution in [0.15, 0.2) is 59.1 Å². The molecule has 150 valence electrons. The van der Waals surface area contributed by atoms with Gasteiger partial charge in [0.05, 0.1) is 5.56 Å². The van der Waals surface area contributed by atoms with Crippen LogP contribution in [-0.2, 0) is 17.6 Å². The fraction of sp³-hybridized carbons (Fsp3) is 0.348. The number of piperidine rings is 1. The molecule has 4 rings (SSSR count). The van der Waals surface area contributed by atoms with Crippen LogP contribution in [0.25, 0.3) is 11.4 Å². The first kappa shape index (κ1) is 19.3. The maximum Gasteiger partial charge on any atom is 0.227 e. The van der Waals surface area contributed by atoms with Gasteiger partial charge < -0.3 is 9.42 Å². The first-order valence-electron chi connectivity index (χ1n) is 10.1. The average Bonchev–Trinajstić information content (AvgIpc) is 3.22. The average molecular weight is 393 g/mol. The van der Waals surface area contributed by atoms with Crippen molar-refractivity contribution in [1.29, 1.82) is 0 Å². The van der Waals surface area contributed by atoms with Crippen LogP contribution in [0, 0.1) is 11.7 Å². The lowest BCUT2D eigenvalue weighted by atomic mass is 9.90. The topological polar surface area (TPSA) is 59.2 Å². The van der Waals surface area contributed by atoms with Crippen LogP contribution in [0.2, 0.25) is 0 Å². The van der Waals surface area contributed by atoms with Crippen LogP contribution in [0.1, 0.15) is 30.7 Å². The Bertz CT molecular complexity index is 950. The number of carbonyl (C=O) groups excluding carboxylic acids is 1. The summed E-state index contributed by atoms with van der Waals surface area (Å²) in [7, 11) is 0. The maximum atomic E-state index is 13.8. The van der Waals surface area contributed by atoms with Crippen molar-refractivity contribution < 1.29 is 13.7 Å². The molecule has 0 aliphatic carbocycles. The lowest BCUT2D eigenvalue weighted by Crippen LogP contribution is -2.39. The molecule has 0 radical (unpaired) electrons. The molecule has 6 heteroatoms. The predicted molar refractivity (Wildman–Crippen MR) is 107 cm³/mol. The van der Waals surface area contributed by atoms with Crippen LogP contribution in [0.4, 0.5) is 4.39 Å². The van der Waals surface area contributed by atoms with Gasteiger partial charge in [-0.25, -0.2) is 4.39 Å². The summed E-state index contributed by atoms with van der Waals surface area (Å²) in [5.74, 6) is 0.909. The van der Waals surface area contributed by atoms with E-state index in [4.69, 9.17) is 4.52 Å². The van der Waals surface area contributed by atoms with E-state index in [-0.39, 0.29) is 11.7 Å². The van der Waals surface area contributed by atoms with E-state index < -0.39 is 5.82 Å². The quantitative estimate of drug-likeness (QED) is 0.627. The normalized spacial score (nSPS) is 14.9. The molecule has 0 N–H and O–H groups in total. The molecule has 5 nitrogen and oxygen atoms in total. The predicted octanol–water partition coefficient (Wildman–Crippen LogP) is 4.29. The summed E-state index contributed by atoms with van der Waals surface area (Å²) in [4.78, 5) is 18.7. The molecule has 0 bridgehead atoms. The van der Waals surface area contributed by atoms with Crippen molar-refractivity contribution in [3.63, 3.8) is 0 Å². The third-order valence-electron chi connectivity index (χ3n) is 5.47. The highest BCUT2D eigenvalue weighted by molar-refractivity contribution is 5.76. The third kappa shape index (κ3) is 4.88. The molecule has 1 fully saturated rings. The van der Waals surface area contributed by atoms with Crippen molar-refractivity contribution in [2.75, 3.05) is 13.1 Å². The molecule has 3 aromatic rings. The first-order valence-corrected chi connectivity index (χ1v) is 10.1. The van der Waals surface area contributed by atoms with Crippen molar-refractivity contribution in [1.82, 2.24) is 15.0 Å². The second-order valence-corrected chi connectivity index (χ2v) is 7.51. The minimum atomic E-state index is -0.394. The molecule has 1 aromatic heterocycles. The Morgan fingerprint density at radius 2 is 1.79 bits per heavy atom. The highest BCUT2D eigenvalue weighted by atomic mass is 19.1. The van der Waals surface area contributed by atoms with Gasteiger partial charge in [-0.1, -0.05) is 47.6 Å². The number of amides is 1. The van der Waals surface area contributed by atoms with E-state index in [0.29, 0.717) is 30.2 Å². The third-order valence-corrected chi connectivity index (χ3v) is 5.47. The Balaban J connectivity index is 1.25. The Hall–Kier alpha value is -3.02. The molecule has 0 atom stereocenters. The summed E-state index contributed by atoms with van der Waals surface area (Å²) in [5.41, 5.74) is 1.66. The van der Waals surface area contributed by atoms with Crippen LogP contribution in [0.3, 0.4) is 0 Å². The van der Waals surface area contributed by atoms with Gasteiger partial charge in [-0.05, 0) is 42.9 Å². The number of nitrogens with zero attached hydrogens (tertiary/aromatic N) is 3. The SMILES string of the molecule is O=C(CCc1nc(-c2ccccc2F)no1)N1CCC(Cc2ccccc2)CC1. The fourth-order valence-corrected chi connectivity index (χ4v) is 3.81. The Morgan fingerprint density at radius 1 is 1.07 bits per heavy atom. The molecular formula is C23H24FN3O2. The smallest absolute Gasteiger partial charge is 0.227 e. The zero-order valence-electron chi connectivity index (χ0n) is 16.3. The number of aryl methyl sites for hydroxylation is 1. The number of hydrogen-bond donors (Lipinski definition) is 0. The molecule has 0 saturated carbocycles. The first-order chi connectivity index (χ1) is 14.2. The van der Waals surface area contributed by atoms with Gasteiger partial charge in [0.1, 0.15) is 5.82 Å². The van der Waals surface area contributed by atoms with E-state index in [9.17, 15) is 9.18 Å². The van der Waals surface area contributed by atoms with Gasteiger partial charge in [0.2, 0.25) is 17.6 Å². The molecule has 2 aromatic carbocycles. The van der Waals surface area contributed by atoms with E-state index in [2.05, 4.69) is 34.4 Å². The van der Waals surface area contributed by atoms with E-state index in [1.807, 2.05) is 11.0 Å². The van der Waals surface area contributed by atoms with Gasteiger partial charge in [0.25, 0.3) is 0 Å². The van der Waals surface area contributed by atoms with E-state index in [1.54, 1.807) is 18.2 Å². The van der Waals surface area contributed by atoms with Crippen molar-refractivity contribution >= 4 is 5.91 Å². The summed E-state index contributed by atoms with van der Waals surface area (Å²) in [6, 6.07) is 16.8. The van der Waals surface area contributed by atoms with E-state index in [1.165, 1.54) is 11.6 Å². The number of carbonyl (C=O) groups is 1. The van der Waals surface area contributed by atoms with Crippen LogP contribution in [0.5, 0.6) is 0 Å². The molecule has 1 amide bonds. The second kappa shape index (κ2) is 8.99. The Labute approximate surface area is 169 Å². The lowest BCUT2D eigenvalue weighted by Gasteiger charge is -2.32. The molecular weight excluding hydrogens is 369 g/mol. The summed E-state index contributed by atoms with van der Waals surface area (Å²) in [5, 5.41) is 3.84. The zero-order chi connectivity index (χ0) is 20.1. The summed E-state index contributed by atoms with van der Waals surface area (Å²) >= 11 is 0. The molecule has 1 saturated heterocycles. The minimum Gasteiger partial charge on any atom is -0.343 e.